The Balaban J connectivity index is 2.65. The molecule has 0 aromatic carbocycles. The van der Waals surface area contributed by atoms with Crippen molar-refractivity contribution in [1.29, 1.82) is 0 Å². The second kappa shape index (κ2) is 3.79. The van der Waals surface area contributed by atoms with Crippen LogP contribution >= 0.6 is 11.6 Å². The van der Waals surface area contributed by atoms with Crippen molar-refractivity contribution in [2.45, 2.75) is 0 Å². The van der Waals surface area contributed by atoms with E-state index in [0.29, 0.717) is 17.5 Å². The largest absolute Gasteiger partial charge is 0.359 e. The first-order chi connectivity index (χ1) is 5.33. The zero-order valence-corrected chi connectivity index (χ0v) is 6.47. The van der Waals surface area contributed by atoms with Crippen LogP contribution in [0.3, 0.4) is 0 Å². The number of rotatable bonds is 2. The van der Waals surface area contributed by atoms with E-state index in [1.807, 2.05) is 0 Å². The molecule has 0 fully saturated rings. The fraction of sp³-hybridized carbons (Fsp3) is 0.143. The fourth-order valence-electron chi connectivity index (χ4n) is 0.572. The number of aromatic nitrogens is 2. The summed E-state index contributed by atoms with van der Waals surface area (Å²) in [5.41, 5.74) is 0. The Morgan fingerprint density at radius 2 is 2.45 bits per heavy atom. The van der Waals surface area contributed by atoms with Crippen LogP contribution in [-0.4, -0.2) is 16.5 Å². The Kier molecular flexibility index (Phi) is 2.70. The van der Waals surface area contributed by atoms with Crippen LogP contribution in [0.2, 0.25) is 5.15 Å². The Hall–Kier alpha value is -1.27. The Morgan fingerprint density at radius 1 is 1.64 bits per heavy atom. The van der Waals surface area contributed by atoms with Crippen LogP contribution < -0.4 is 5.32 Å². The summed E-state index contributed by atoms with van der Waals surface area (Å²) < 4.78 is 0. The van der Waals surface area contributed by atoms with Gasteiger partial charge in [-0.2, -0.15) is 0 Å². The van der Waals surface area contributed by atoms with Gasteiger partial charge in [0.05, 0.1) is 6.54 Å². The van der Waals surface area contributed by atoms with Gasteiger partial charge in [0.15, 0.2) is 0 Å². The van der Waals surface area contributed by atoms with Gasteiger partial charge in [-0.3, -0.25) is 0 Å². The van der Waals surface area contributed by atoms with E-state index in [2.05, 4.69) is 21.2 Å². The number of hydrogen-bond acceptors (Lipinski definition) is 3. The molecule has 0 radical (unpaired) electrons. The lowest BCUT2D eigenvalue weighted by Crippen LogP contribution is -2.00. The van der Waals surface area contributed by atoms with E-state index < -0.39 is 0 Å². The van der Waals surface area contributed by atoms with Gasteiger partial charge in [-0.05, 0) is 0 Å². The molecule has 4 heteroatoms. The molecule has 0 spiro atoms. The third-order valence-electron chi connectivity index (χ3n) is 1.01. The van der Waals surface area contributed by atoms with Gasteiger partial charge in [0, 0.05) is 6.07 Å². The van der Waals surface area contributed by atoms with Gasteiger partial charge < -0.3 is 5.32 Å². The number of halogens is 1. The first-order valence-corrected chi connectivity index (χ1v) is 3.35. The summed E-state index contributed by atoms with van der Waals surface area (Å²) in [4.78, 5) is 7.59. The van der Waals surface area contributed by atoms with E-state index in [4.69, 9.17) is 18.0 Å². The minimum Gasteiger partial charge on any atom is -0.359 e. The van der Waals surface area contributed by atoms with Crippen LogP contribution in [0.5, 0.6) is 0 Å². The van der Waals surface area contributed by atoms with Crippen molar-refractivity contribution in [3.63, 3.8) is 0 Å². The Morgan fingerprint density at radius 3 is 3.09 bits per heavy atom. The van der Waals surface area contributed by atoms with Crippen molar-refractivity contribution < 1.29 is 0 Å². The minimum atomic E-state index is 0.402. The molecule has 0 bridgehead atoms. The summed E-state index contributed by atoms with van der Waals surface area (Å²) in [6.07, 6.45) is 6.40. The van der Waals surface area contributed by atoms with Gasteiger partial charge in [0.2, 0.25) is 0 Å². The molecule has 3 nitrogen and oxygen atoms in total. The lowest BCUT2D eigenvalue weighted by atomic mass is 10.5. The normalized spacial score (nSPS) is 8.73. The fourth-order valence-corrected chi connectivity index (χ4v) is 0.719. The van der Waals surface area contributed by atoms with Gasteiger partial charge in [0.25, 0.3) is 0 Å². The molecule has 1 aromatic rings. The lowest BCUT2D eigenvalue weighted by molar-refractivity contribution is 1.15. The van der Waals surface area contributed by atoms with Gasteiger partial charge in [-0.25, -0.2) is 9.97 Å². The molecule has 1 N–H and O–H groups in total. The number of nitrogens with one attached hydrogen (secondary N) is 1. The zero-order valence-electron chi connectivity index (χ0n) is 5.71. The number of anilines is 1. The molecule has 1 heterocycles. The van der Waals surface area contributed by atoms with Crippen molar-refractivity contribution in [3.8, 4) is 12.3 Å². The molecule has 56 valence electrons. The topological polar surface area (TPSA) is 37.8 Å². The number of hydrogen-bond donors (Lipinski definition) is 1. The third kappa shape index (κ3) is 2.44. The second-order valence-electron chi connectivity index (χ2n) is 1.78. The molecule has 11 heavy (non-hydrogen) atoms. The molecule has 0 aliphatic heterocycles. The average Bonchev–Trinajstić information content (AvgIpc) is 2.01. The summed E-state index contributed by atoms with van der Waals surface area (Å²) >= 11 is 5.58. The van der Waals surface area contributed by atoms with Crippen LogP contribution in [-0.2, 0) is 0 Å². The molecule has 0 amide bonds. The van der Waals surface area contributed by atoms with Crippen LogP contribution in [0.4, 0.5) is 5.82 Å². The molecular formula is C7H6ClN3. The van der Waals surface area contributed by atoms with Crippen molar-refractivity contribution in [1.82, 2.24) is 9.97 Å². The number of terminal acetylenes is 1. The predicted octanol–water partition coefficient (Wildman–Crippen LogP) is 1.18. The van der Waals surface area contributed by atoms with Crippen molar-refractivity contribution >= 4 is 17.4 Å². The highest BCUT2D eigenvalue weighted by molar-refractivity contribution is 6.29. The molecule has 0 atom stereocenters. The van der Waals surface area contributed by atoms with E-state index in [1.54, 1.807) is 6.07 Å². The molecule has 0 unspecified atom stereocenters. The highest BCUT2D eigenvalue weighted by Crippen LogP contribution is 2.07. The van der Waals surface area contributed by atoms with Crippen LogP contribution in [0, 0.1) is 12.3 Å². The maximum Gasteiger partial charge on any atom is 0.134 e. The van der Waals surface area contributed by atoms with E-state index in [0.717, 1.165) is 0 Å². The quantitative estimate of drug-likeness (QED) is 0.531. The molecule has 0 aliphatic carbocycles. The van der Waals surface area contributed by atoms with Crippen molar-refractivity contribution in [2.75, 3.05) is 11.9 Å². The first-order valence-electron chi connectivity index (χ1n) is 2.98. The monoisotopic (exact) mass is 167 g/mol. The highest BCUT2D eigenvalue weighted by Gasteiger charge is 1.92. The maximum absolute atomic E-state index is 5.58. The van der Waals surface area contributed by atoms with Crippen LogP contribution in [0.1, 0.15) is 0 Å². The van der Waals surface area contributed by atoms with Gasteiger partial charge in [-0.1, -0.05) is 17.5 Å². The molecule has 0 saturated heterocycles. The zero-order chi connectivity index (χ0) is 8.10. The second-order valence-corrected chi connectivity index (χ2v) is 2.17. The van der Waals surface area contributed by atoms with Crippen LogP contribution in [0.15, 0.2) is 12.4 Å². The summed E-state index contributed by atoms with van der Waals surface area (Å²) in [6, 6.07) is 1.61. The van der Waals surface area contributed by atoms with E-state index >= 15 is 0 Å². The third-order valence-corrected chi connectivity index (χ3v) is 1.21. The highest BCUT2D eigenvalue weighted by atomic mass is 35.5. The van der Waals surface area contributed by atoms with E-state index in [1.165, 1.54) is 6.33 Å². The smallest absolute Gasteiger partial charge is 0.134 e. The lowest BCUT2D eigenvalue weighted by Gasteiger charge is -1.98. The summed E-state index contributed by atoms with van der Waals surface area (Å²) in [7, 11) is 0. The van der Waals surface area contributed by atoms with Gasteiger partial charge >= 0.3 is 0 Å². The molecule has 0 saturated carbocycles. The first kappa shape index (κ1) is 7.83. The number of nitrogens with zero attached hydrogens (tertiary/aromatic N) is 2. The van der Waals surface area contributed by atoms with Gasteiger partial charge in [0.1, 0.15) is 17.3 Å². The van der Waals surface area contributed by atoms with Gasteiger partial charge in [-0.15, -0.1) is 6.42 Å². The summed E-state index contributed by atoms with van der Waals surface area (Å²) in [5, 5.41) is 3.27. The molecular weight excluding hydrogens is 162 g/mol. The maximum atomic E-state index is 5.58. The average molecular weight is 168 g/mol. The standard InChI is InChI=1S/C7H6ClN3/c1-2-3-9-7-4-6(8)10-5-11-7/h1,4-5H,3H2,(H,9,10,11). The SMILES string of the molecule is C#CCNc1cc(Cl)ncn1. The summed E-state index contributed by atoms with van der Waals surface area (Å²) in [6.45, 7) is 0.438. The summed E-state index contributed by atoms with van der Waals surface area (Å²) in [5.74, 6) is 3.06. The van der Waals surface area contributed by atoms with Crippen molar-refractivity contribution in [2.24, 2.45) is 0 Å². The molecule has 1 aromatic heterocycles. The Labute approximate surface area is 69.8 Å². The molecule has 1 rings (SSSR count). The predicted molar refractivity (Wildman–Crippen MR) is 44.4 cm³/mol. The van der Waals surface area contributed by atoms with Crippen LogP contribution in [0.25, 0.3) is 0 Å². The Bertz CT molecular complexity index is 279. The van der Waals surface area contributed by atoms with Crippen molar-refractivity contribution in [3.05, 3.63) is 17.5 Å². The molecule has 0 aliphatic rings. The minimum absolute atomic E-state index is 0.402. The van der Waals surface area contributed by atoms with E-state index in [-0.39, 0.29) is 0 Å². The van der Waals surface area contributed by atoms with E-state index in [9.17, 15) is 0 Å².